The number of rotatable bonds is 7. The van der Waals surface area contributed by atoms with Gasteiger partial charge in [-0.25, -0.2) is 9.97 Å². The van der Waals surface area contributed by atoms with Crippen molar-refractivity contribution in [2.24, 2.45) is 11.7 Å². The Bertz CT molecular complexity index is 380. The molecule has 0 atom stereocenters. The van der Waals surface area contributed by atoms with Gasteiger partial charge in [0.2, 0.25) is 0 Å². The molecule has 0 fully saturated rings. The molecule has 2 N–H and O–H groups in total. The van der Waals surface area contributed by atoms with Crippen molar-refractivity contribution < 1.29 is 4.74 Å². The molecule has 0 aromatic carbocycles. The first-order valence-electron chi connectivity index (χ1n) is 5.90. The summed E-state index contributed by atoms with van der Waals surface area (Å²) < 4.78 is 5.11. The molecule has 18 heavy (non-hydrogen) atoms. The second-order valence-corrected chi connectivity index (χ2v) is 4.90. The predicted molar refractivity (Wildman–Crippen MR) is 76.8 cm³/mol. The van der Waals surface area contributed by atoms with Gasteiger partial charge in [0.1, 0.15) is 16.5 Å². The van der Waals surface area contributed by atoms with E-state index in [0.717, 1.165) is 18.9 Å². The smallest absolute Gasteiger partial charge is 0.147 e. The lowest BCUT2D eigenvalue weighted by molar-refractivity contribution is 0.204. The molecule has 0 aliphatic rings. The molecule has 5 nitrogen and oxygen atoms in total. The number of aromatic nitrogens is 2. The second kappa shape index (κ2) is 7.23. The molecule has 0 aliphatic heterocycles. The lowest BCUT2D eigenvalue weighted by atomic mass is 10.2. The van der Waals surface area contributed by atoms with E-state index in [1.165, 1.54) is 0 Å². The molecule has 100 valence electrons. The third-order valence-electron chi connectivity index (χ3n) is 2.37. The number of ether oxygens (including phenoxy) is 1. The highest BCUT2D eigenvalue weighted by atomic mass is 32.1. The maximum absolute atomic E-state index is 5.50. The molecule has 6 heteroatoms. The molecular weight excluding hydrogens is 248 g/mol. The lowest BCUT2D eigenvalue weighted by Crippen LogP contribution is -2.32. The normalized spacial score (nSPS) is 10.7. The Morgan fingerprint density at radius 1 is 1.44 bits per heavy atom. The minimum atomic E-state index is 0.265. The summed E-state index contributed by atoms with van der Waals surface area (Å²) >= 11 is 4.85. The highest BCUT2D eigenvalue weighted by molar-refractivity contribution is 7.80. The molecule has 0 saturated heterocycles. The molecule has 0 radical (unpaired) electrons. The van der Waals surface area contributed by atoms with E-state index in [4.69, 9.17) is 22.7 Å². The van der Waals surface area contributed by atoms with Crippen LogP contribution in [0.25, 0.3) is 0 Å². The zero-order valence-electron chi connectivity index (χ0n) is 11.1. The predicted octanol–water partition coefficient (Wildman–Crippen LogP) is 1.22. The van der Waals surface area contributed by atoms with Crippen molar-refractivity contribution in [1.29, 1.82) is 0 Å². The van der Waals surface area contributed by atoms with Gasteiger partial charge in [0.25, 0.3) is 0 Å². The second-order valence-electron chi connectivity index (χ2n) is 4.46. The molecule has 0 bridgehead atoms. The van der Waals surface area contributed by atoms with Gasteiger partial charge in [-0.3, -0.25) is 0 Å². The summed E-state index contributed by atoms with van der Waals surface area (Å²) in [5.41, 5.74) is 6.04. The summed E-state index contributed by atoms with van der Waals surface area (Å²) in [6.07, 6.45) is 3.31. The van der Waals surface area contributed by atoms with Crippen LogP contribution in [0.3, 0.4) is 0 Å². The number of methoxy groups -OCH3 is 1. The fourth-order valence-electron chi connectivity index (χ4n) is 1.55. The van der Waals surface area contributed by atoms with E-state index in [-0.39, 0.29) is 4.99 Å². The highest BCUT2D eigenvalue weighted by Gasteiger charge is 2.10. The molecule has 1 aromatic heterocycles. The minimum absolute atomic E-state index is 0.265. The van der Waals surface area contributed by atoms with E-state index < -0.39 is 0 Å². The fourth-order valence-corrected chi connectivity index (χ4v) is 1.66. The van der Waals surface area contributed by atoms with E-state index in [1.807, 2.05) is 0 Å². The summed E-state index contributed by atoms with van der Waals surface area (Å²) in [5.74, 6) is 1.36. The van der Waals surface area contributed by atoms with Crippen molar-refractivity contribution in [3.8, 4) is 0 Å². The Hall–Kier alpha value is -1.27. The summed E-state index contributed by atoms with van der Waals surface area (Å²) in [5, 5.41) is 0. The van der Waals surface area contributed by atoms with Gasteiger partial charge in [-0.05, 0) is 5.92 Å². The van der Waals surface area contributed by atoms with E-state index in [1.54, 1.807) is 19.5 Å². The summed E-state index contributed by atoms with van der Waals surface area (Å²) in [7, 11) is 1.69. The Morgan fingerprint density at radius 3 is 2.61 bits per heavy atom. The van der Waals surface area contributed by atoms with Crippen LogP contribution in [-0.4, -0.2) is 41.8 Å². The third kappa shape index (κ3) is 4.54. The topological polar surface area (TPSA) is 64.3 Å². The minimum Gasteiger partial charge on any atom is -0.388 e. The third-order valence-corrected chi connectivity index (χ3v) is 2.57. The van der Waals surface area contributed by atoms with Crippen LogP contribution >= 0.6 is 12.2 Å². The molecule has 1 rings (SSSR count). The van der Waals surface area contributed by atoms with Gasteiger partial charge in [0.15, 0.2) is 0 Å². The SMILES string of the molecule is COCCN(CC(C)C)c1cnc(C(N)=S)cn1. The number of nitrogens with two attached hydrogens (primary N) is 1. The van der Waals surface area contributed by atoms with Gasteiger partial charge in [0.05, 0.1) is 19.0 Å². The van der Waals surface area contributed by atoms with Crippen molar-refractivity contribution in [1.82, 2.24) is 9.97 Å². The van der Waals surface area contributed by atoms with Crippen molar-refractivity contribution in [2.75, 3.05) is 31.7 Å². The number of hydrogen-bond donors (Lipinski definition) is 1. The molecule has 1 aromatic rings. The molecular formula is C12H20N4OS. The molecule has 1 heterocycles. The van der Waals surface area contributed by atoms with E-state index in [0.29, 0.717) is 18.2 Å². The summed E-state index contributed by atoms with van der Waals surface area (Å²) in [6.45, 7) is 6.68. The first kappa shape index (κ1) is 14.8. The van der Waals surface area contributed by atoms with Crippen LogP contribution in [0.4, 0.5) is 5.82 Å². The zero-order chi connectivity index (χ0) is 13.5. The molecule has 0 unspecified atom stereocenters. The highest BCUT2D eigenvalue weighted by Crippen LogP contribution is 2.11. The molecule has 0 amide bonds. The quantitative estimate of drug-likeness (QED) is 0.750. The van der Waals surface area contributed by atoms with Crippen molar-refractivity contribution >= 4 is 23.0 Å². The van der Waals surface area contributed by atoms with Gasteiger partial charge < -0.3 is 15.4 Å². The van der Waals surface area contributed by atoms with Gasteiger partial charge in [-0.15, -0.1) is 0 Å². The van der Waals surface area contributed by atoms with E-state index >= 15 is 0 Å². The van der Waals surface area contributed by atoms with Crippen LogP contribution in [-0.2, 0) is 4.74 Å². The number of thiocarbonyl (C=S) groups is 1. The average molecular weight is 268 g/mol. The monoisotopic (exact) mass is 268 g/mol. The molecule has 0 aliphatic carbocycles. The summed E-state index contributed by atoms with van der Waals surface area (Å²) in [4.78, 5) is 11.0. The lowest BCUT2D eigenvalue weighted by Gasteiger charge is -2.25. The van der Waals surface area contributed by atoms with Gasteiger partial charge in [-0.2, -0.15) is 0 Å². The van der Waals surface area contributed by atoms with Crippen LogP contribution in [0.15, 0.2) is 12.4 Å². The Labute approximate surface area is 113 Å². The van der Waals surface area contributed by atoms with Gasteiger partial charge >= 0.3 is 0 Å². The van der Waals surface area contributed by atoms with Crippen LogP contribution in [0.1, 0.15) is 19.5 Å². The largest absolute Gasteiger partial charge is 0.388 e. The van der Waals surface area contributed by atoms with Crippen molar-refractivity contribution in [2.45, 2.75) is 13.8 Å². The van der Waals surface area contributed by atoms with Crippen LogP contribution in [0.5, 0.6) is 0 Å². The number of hydrogen-bond acceptors (Lipinski definition) is 5. The van der Waals surface area contributed by atoms with Crippen LogP contribution in [0.2, 0.25) is 0 Å². The number of anilines is 1. The zero-order valence-corrected chi connectivity index (χ0v) is 11.9. The van der Waals surface area contributed by atoms with Crippen LogP contribution < -0.4 is 10.6 Å². The number of nitrogens with zero attached hydrogens (tertiary/aromatic N) is 3. The van der Waals surface area contributed by atoms with Crippen molar-refractivity contribution in [3.63, 3.8) is 0 Å². The maximum Gasteiger partial charge on any atom is 0.147 e. The standard InChI is InChI=1S/C12H20N4OS/c1-9(2)8-16(4-5-17-3)11-7-14-10(6-15-11)12(13)18/h6-7,9H,4-5,8H2,1-3H3,(H2,13,18). The Kier molecular flexibility index (Phi) is 5.94. The van der Waals surface area contributed by atoms with Crippen LogP contribution in [0, 0.1) is 5.92 Å². The van der Waals surface area contributed by atoms with E-state index in [9.17, 15) is 0 Å². The fraction of sp³-hybridized carbons (Fsp3) is 0.583. The first-order chi connectivity index (χ1) is 8.54. The van der Waals surface area contributed by atoms with E-state index in [2.05, 4.69) is 28.7 Å². The van der Waals surface area contributed by atoms with Crippen molar-refractivity contribution in [3.05, 3.63) is 18.1 Å². The maximum atomic E-state index is 5.50. The average Bonchev–Trinajstić information content (AvgIpc) is 2.34. The Balaban J connectivity index is 2.80. The van der Waals surface area contributed by atoms with Gasteiger partial charge in [0, 0.05) is 20.2 Å². The molecule has 0 saturated carbocycles. The van der Waals surface area contributed by atoms with Gasteiger partial charge in [-0.1, -0.05) is 26.1 Å². The molecule has 0 spiro atoms. The Morgan fingerprint density at radius 2 is 2.17 bits per heavy atom. The summed E-state index contributed by atoms with van der Waals surface area (Å²) in [6, 6.07) is 0. The first-order valence-corrected chi connectivity index (χ1v) is 6.31.